The predicted octanol–water partition coefficient (Wildman–Crippen LogP) is 13.2. The van der Waals surface area contributed by atoms with E-state index >= 15 is 0 Å². The molecular formula is C49H29N3O2. The van der Waals surface area contributed by atoms with Crippen LogP contribution in [0.3, 0.4) is 0 Å². The third-order valence-electron chi connectivity index (χ3n) is 10.3. The van der Waals surface area contributed by atoms with Gasteiger partial charge in [0.25, 0.3) is 0 Å². The zero-order valence-corrected chi connectivity index (χ0v) is 28.9. The maximum Gasteiger partial charge on any atom is 0.164 e. The molecule has 252 valence electrons. The monoisotopic (exact) mass is 691 g/mol. The number of furan rings is 2. The summed E-state index contributed by atoms with van der Waals surface area (Å²) in [6, 6.07) is 60.7. The van der Waals surface area contributed by atoms with Gasteiger partial charge < -0.3 is 8.83 Å². The minimum absolute atomic E-state index is 0.597. The van der Waals surface area contributed by atoms with Gasteiger partial charge in [-0.2, -0.15) is 0 Å². The fourth-order valence-electron chi connectivity index (χ4n) is 7.58. The first-order valence-corrected chi connectivity index (χ1v) is 18.0. The van der Waals surface area contributed by atoms with Crippen LogP contribution < -0.4 is 0 Å². The van der Waals surface area contributed by atoms with Crippen molar-refractivity contribution in [2.45, 2.75) is 0 Å². The van der Waals surface area contributed by atoms with E-state index in [1.54, 1.807) is 0 Å². The molecule has 8 aromatic carbocycles. The van der Waals surface area contributed by atoms with E-state index in [-0.39, 0.29) is 0 Å². The molecule has 0 saturated carbocycles. The second-order valence-corrected chi connectivity index (χ2v) is 13.7. The van der Waals surface area contributed by atoms with Crippen LogP contribution in [0.4, 0.5) is 0 Å². The quantitative estimate of drug-likeness (QED) is 0.180. The number of para-hydroxylation sites is 2. The second kappa shape index (κ2) is 12.1. The van der Waals surface area contributed by atoms with E-state index in [0.717, 1.165) is 88.2 Å². The van der Waals surface area contributed by atoms with Crippen LogP contribution in [0.5, 0.6) is 0 Å². The molecule has 3 heterocycles. The largest absolute Gasteiger partial charge is 0.456 e. The van der Waals surface area contributed by atoms with Gasteiger partial charge in [-0.3, -0.25) is 0 Å². The maximum absolute atomic E-state index is 6.20. The summed E-state index contributed by atoms with van der Waals surface area (Å²) in [4.78, 5) is 15.4. The molecule has 54 heavy (non-hydrogen) atoms. The van der Waals surface area contributed by atoms with Gasteiger partial charge in [0.1, 0.15) is 22.3 Å². The van der Waals surface area contributed by atoms with E-state index in [4.69, 9.17) is 23.8 Å². The molecule has 0 unspecified atom stereocenters. The van der Waals surface area contributed by atoms with Crippen molar-refractivity contribution >= 4 is 54.6 Å². The summed E-state index contributed by atoms with van der Waals surface area (Å²) in [6.45, 7) is 0. The highest BCUT2D eigenvalue weighted by molar-refractivity contribution is 6.07. The highest BCUT2D eigenvalue weighted by Gasteiger charge is 2.17. The fraction of sp³-hybridized carbons (Fsp3) is 0. The molecule has 0 aliphatic rings. The van der Waals surface area contributed by atoms with E-state index in [0.29, 0.717) is 17.5 Å². The lowest BCUT2D eigenvalue weighted by Crippen LogP contribution is -2.00. The molecule has 0 spiro atoms. The highest BCUT2D eigenvalue weighted by atomic mass is 16.3. The Morgan fingerprint density at radius 3 is 1.35 bits per heavy atom. The van der Waals surface area contributed by atoms with Gasteiger partial charge in [-0.1, -0.05) is 115 Å². The van der Waals surface area contributed by atoms with Crippen LogP contribution in [-0.2, 0) is 0 Å². The van der Waals surface area contributed by atoms with Crippen molar-refractivity contribution in [2.24, 2.45) is 0 Å². The zero-order chi connectivity index (χ0) is 35.6. The average Bonchev–Trinajstić information content (AvgIpc) is 3.81. The molecule has 11 rings (SSSR count). The topological polar surface area (TPSA) is 65.0 Å². The normalized spacial score (nSPS) is 11.7. The number of fused-ring (bicyclic) bond motifs is 7. The van der Waals surface area contributed by atoms with Crippen LogP contribution in [0.1, 0.15) is 0 Å². The van der Waals surface area contributed by atoms with Crippen molar-refractivity contribution in [2.75, 3.05) is 0 Å². The highest BCUT2D eigenvalue weighted by Crippen LogP contribution is 2.38. The Balaban J connectivity index is 1.15. The van der Waals surface area contributed by atoms with Gasteiger partial charge in [-0.05, 0) is 93.7 Å². The summed E-state index contributed by atoms with van der Waals surface area (Å²) < 4.78 is 12.4. The van der Waals surface area contributed by atoms with Crippen molar-refractivity contribution in [3.63, 3.8) is 0 Å². The maximum atomic E-state index is 6.20. The Labute approximate surface area is 309 Å². The van der Waals surface area contributed by atoms with Crippen molar-refractivity contribution < 1.29 is 8.83 Å². The van der Waals surface area contributed by atoms with Crippen LogP contribution in [0, 0.1) is 0 Å². The van der Waals surface area contributed by atoms with Crippen LogP contribution in [0.15, 0.2) is 185 Å². The minimum Gasteiger partial charge on any atom is -0.456 e. The van der Waals surface area contributed by atoms with E-state index in [9.17, 15) is 0 Å². The van der Waals surface area contributed by atoms with Gasteiger partial charge in [-0.15, -0.1) is 0 Å². The molecule has 0 fully saturated rings. The van der Waals surface area contributed by atoms with Gasteiger partial charge in [0.15, 0.2) is 17.5 Å². The van der Waals surface area contributed by atoms with Crippen molar-refractivity contribution in [1.29, 1.82) is 0 Å². The number of rotatable bonds is 5. The smallest absolute Gasteiger partial charge is 0.164 e. The van der Waals surface area contributed by atoms with Crippen molar-refractivity contribution in [3.8, 4) is 56.4 Å². The first-order chi connectivity index (χ1) is 26.7. The summed E-state index contributed by atoms with van der Waals surface area (Å²) >= 11 is 0. The third kappa shape index (κ3) is 5.13. The van der Waals surface area contributed by atoms with Gasteiger partial charge >= 0.3 is 0 Å². The molecule has 0 aliphatic carbocycles. The van der Waals surface area contributed by atoms with E-state index in [1.165, 1.54) is 5.39 Å². The third-order valence-corrected chi connectivity index (χ3v) is 10.3. The molecular weight excluding hydrogens is 663 g/mol. The molecule has 0 bridgehead atoms. The molecule has 0 atom stereocenters. The summed E-state index contributed by atoms with van der Waals surface area (Å²) in [5.74, 6) is 1.84. The molecule has 3 aromatic heterocycles. The predicted molar refractivity (Wildman–Crippen MR) is 219 cm³/mol. The minimum atomic E-state index is 0.597. The average molecular weight is 692 g/mol. The Morgan fingerprint density at radius 2 is 0.722 bits per heavy atom. The second-order valence-electron chi connectivity index (χ2n) is 13.7. The molecule has 11 aromatic rings. The van der Waals surface area contributed by atoms with Gasteiger partial charge in [-0.25, -0.2) is 15.0 Å². The Bertz CT molecular complexity index is 3100. The van der Waals surface area contributed by atoms with Crippen LogP contribution >= 0.6 is 0 Å². The molecule has 5 heteroatoms. The SMILES string of the molecule is c1ccc(-c2nc(-c3cc(-c4ccc5oc6ccccc6c5c4)cc(-c4ccc5oc6ccccc6c5c4)c3)nc(-c3ccc4ccccc4c3)n2)cc1. The fourth-order valence-corrected chi connectivity index (χ4v) is 7.58. The molecule has 0 N–H and O–H groups in total. The standard InChI is InChI=1S/C49H29N3O2/c1-2-11-31(12-3-1)47-50-48(35-19-18-30-10-4-5-13-32(30)24-35)52-49(51-47)38-26-36(33-20-22-45-41(28-33)39-14-6-8-16-43(39)53-45)25-37(27-38)34-21-23-46-42(29-34)40-15-7-9-17-44(40)54-46/h1-29H. The van der Waals surface area contributed by atoms with Crippen molar-refractivity contribution in [1.82, 2.24) is 15.0 Å². The lowest BCUT2D eigenvalue weighted by atomic mass is 9.94. The van der Waals surface area contributed by atoms with E-state index in [1.807, 2.05) is 54.6 Å². The number of aromatic nitrogens is 3. The van der Waals surface area contributed by atoms with E-state index < -0.39 is 0 Å². The van der Waals surface area contributed by atoms with Gasteiger partial charge in [0.2, 0.25) is 0 Å². The summed E-state index contributed by atoms with van der Waals surface area (Å²) in [6.07, 6.45) is 0. The molecule has 0 aliphatic heterocycles. The van der Waals surface area contributed by atoms with Gasteiger partial charge in [0.05, 0.1) is 0 Å². The Kier molecular flexibility index (Phi) is 6.79. The van der Waals surface area contributed by atoms with Crippen LogP contribution in [-0.4, -0.2) is 15.0 Å². The molecule has 0 saturated heterocycles. The number of hydrogen-bond donors (Lipinski definition) is 0. The number of benzene rings is 8. The Hall–Kier alpha value is -7.37. The van der Waals surface area contributed by atoms with Crippen LogP contribution in [0.2, 0.25) is 0 Å². The van der Waals surface area contributed by atoms with Crippen LogP contribution in [0.25, 0.3) is 111 Å². The van der Waals surface area contributed by atoms with Gasteiger partial charge in [0, 0.05) is 38.2 Å². The first kappa shape index (κ1) is 30.3. The molecule has 5 nitrogen and oxygen atoms in total. The number of nitrogens with zero attached hydrogens (tertiary/aromatic N) is 3. The summed E-state index contributed by atoms with van der Waals surface area (Å²) in [7, 11) is 0. The summed E-state index contributed by atoms with van der Waals surface area (Å²) in [5, 5.41) is 6.63. The lowest BCUT2D eigenvalue weighted by molar-refractivity contribution is 0.668. The summed E-state index contributed by atoms with van der Waals surface area (Å²) in [5.41, 5.74) is 10.4. The first-order valence-electron chi connectivity index (χ1n) is 18.0. The lowest BCUT2D eigenvalue weighted by Gasteiger charge is -2.13. The molecule has 0 amide bonds. The Morgan fingerprint density at radius 1 is 0.259 bits per heavy atom. The zero-order valence-electron chi connectivity index (χ0n) is 28.9. The molecule has 0 radical (unpaired) electrons. The van der Waals surface area contributed by atoms with Crippen molar-refractivity contribution in [3.05, 3.63) is 176 Å². The number of hydrogen-bond acceptors (Lipinski definition) is 5. The van der Waals surface area contributed by atoms with E-state index in [2.05, 4.69) is 121 Å².